The molecular formula is C24H36O4. The number of carbonyl (C=O) groups excluding carboxylic acids is 1. The van der Waals surface area contributed by atoms with Crippen molar-refractivity contribution in [3.8, 4) is 11.5 Å². The van der Waals surface area contributed by atoms with Crippen molar-refractivity contribution in [3.05, 3.63) is 46.6 Å². The number of phenols is 2. The summed E-state index contributed by atoms with van der Waals surface area (Å²) in [6.45, 7) is 10.2. The zero-order valence-corrected chi connectivity index (χ0v) is 17.0. The first-order valence-corrected chi connectivity index (χ1v) is 9.80. The van der Waals surface area contributed by atoms with E-state index in [1.165, 1.54) is 12.7 Å². The summed E-state index contributed by atoms with van der Waals surface area (Å²) in [4.78, 5) is 12.4. The van der Waals surface area contributed by atoms with Crippen LogP contribution in [0.4, 0.5) is 0 Å². The highest BCUT2D eigenvalue weighted by atomic mass is 16.5. The van der Waals surface area contributed by atoms with E-state index in [0.717, 1.165) is 37.7 Å². The third kappa shape index (κ3) is 4.98. The largest absolute Gasteiger partial charge is 0.507 e. The summed E-state index contributed by atoms with van der Waals surface area (Å²) in [5.74, 6) is -0.778. The molecule has 0 aromatic heterocycles. The molecule has 4 heteroatoms. The maximum Gasteiger partial charge on any atom is 0.341 e. The summed E-state index contributed by atoms with van der Waals surface area (Å²) in [7, 11) is 1.31. The van der Waals surface area contributed by atoms with E-state index in [1.807, 2.05) is 6.92 Å². The van der Waals surface area contributed by atoms with Crippen LogP contribution in [-0.4, -0.2) is 23.3 Å². The van der Waals surface area contributed by atoms with Gasteiger partial charge in [-0.3, -0.25) is 0 Å². The number of carbonyl (C=O) groups is 1. The molecule has 2 atom stereocenters. The fourth-order valence-electron chi connectivity index (χ4n) is 4.05. The molecule has 2 rings (SSSR count). The third-order valence-corrected chi connectivity index (χ3v) is 5.55. The number of ether oxygens (including phenoxy) is 1. The molecule has 1 aliphatic rings. The number of unbranched alkanes of at least 4 members (excludes halogenated alkanes) is 2. The van der Waals surface area contributed by atoms with Crippen molar-refractivity contribution >= 4 is 5.97 Å². The van der Waals surface area contributed by atoms with Gasteiger partial charge in [-0.15, -0.1) is 0 Å². The maximum absolute atomic E-state index is 12.4. The summed E-state index contributed by atoms with van der Waals surface area (Å²) in [5, 5.41) is 21.8. The zero-order valence-electron chi connectivity index (χ0n) is 17.0. The zero-order chi connectivity index (χ0) is 20.1. The van der Waals surface area contributed by atoms with E-state index in [0.29, 0.717) is 17.5 Å². The first-order chi connectivity index (χ1) is 12.8. The number of allylic oxidation sites excluding steroid dienone is 3. The lowest BCUT2D eigenvalue weighted by molar-refractivity contribution is 0.0595. The molecule has 0 fully saturated rings. The van der Waals surface area contributed by atoms with Crippen LogP contribution in [-0.2, 0) is 11.2 Å². The van der Waals surface area contributed by atoms with E-state index in [2.05, 4.69) is 26.5 Å². The van der Waals surface area contributed by atoms with Gasteiger partial charge in [0.25, 0.3) is 0 Å². The monoisotopic (exact) mass is 388 g/mol. The number of rotatable bonds is 7. The Bertz CT molecular complexity index is 745. The average Bonchev–Trinajstić information content (AvgIpc) is 2.61. The second kappa shape index (κ2) is 10.4. The fraction of sp³-hybridized carbons (Fsp3) is 0.542. The van der Waals surface area contributed by atoms with Crippen LogP contribution in [0.2, 0.25) is 0 Å². The smallest absolute Gasteiger partial charge is 0.341 e. The van der Waals surface area contributed by atoms with Crippen LogP contribution in [0.15, 0.2) is 29.9 Å². The minimum absolute atomic E-state index is 0. The number of hydrogen-bond donors (Lipinski definition) is 2. The van der Waals surface area contributed by atoms with Crippen molar-refractivity contribution in [2.75, 3.05) is 7.11 Å². The minimum Gasteiger partial charge on any atom is -0.507 e. The predicted octanol–water partition coefficient (Wildman–Crippen LogP) is 6.27. The Kier molecular flexibility index (Phi) is 8.80. The van der Waals surface area contributed by atoms with Gasteiger partial charge in [0, 0.05) is 11.5 Å². The van der Waals surface area contributed by atoms with Crippen molar-refractivity contribution in [2.45, 2.75) is 72.6 Å². The van der Waals surface area contributed by atoms with E-state index < -0.39 is 5.97 Å². The van der Waals surface area contributed by atoms with E-state index in [9.17, 15) is 15.0 Å². The second-order valence-electron chi connectivity index (χ2n) is 7.67. The summed E-state index contributed by atoms with van der Waals surface area (Å²) in [6, 6.07) is 1.63. The molecule has 4 nitrogen and oxygen atoms in total. The molecule has 0 amide bonds. The van der Waals surface area contributed by atoms with Gasteiger partial charge in [-0.25, -0.2) is 4.79 Å². The number of aryl methyl sites for hydroxylation is 1. The normalized spacial score (nSPS) is 18.8. The molecule has 0 radical (unpaired) electrons. The minimum atomic E-state index is -0.566. The van der Waals surface area contributed by atoms with Crippen molar-refractivity contribution in [1.29, 1.82) is 0 Å². The number of methoxy groups -OCH3 is 1. The Labute approximate surface area is 169 Å². The molecule has 0 bridgehead atoms. The second-order valence-corrected chi connectivity index (χ2v) is 7.67. The van der Waals surface area contributed by atoms with Gasteiger partial charge in [-0.2, -0.15) is 0 Å². The molecule has 2 unspecified atom stereocenters. The molecule has 0 spiro atoms. The van der Waals surface area contributed by atoms with E-state index >= 15 is 0 Å². The van der Waals surface area contributed by atoms with E-state index in [1.54, 1.807) is 6.07 Å². The van der Waals surface area contributed by atoms with E-state index in [-0.39, 0.29) is 36.3 Å². The molecular weight excluding hydrogens is 352 g/mol. The Hall–Kier alpha value is -2.23. The lowest BCUT2D eigenvalue weighted by Gasteiger charge is -2.32. The fourth-order valence-corrected chi connectivity index (χ4v) is 4.05. The summed E-state index contributed by atoms with van der Waals surface area (Å²) in [5.41, 5.74) is 3.44. The number of benzene rings is 1. The highest BCUT2D eigenvalue weighted by molar-refractivity contribution is 5.95. The molecule has 28 heavy (non-hydrogen) atoms. The Morgan fingerprint density at radius 3 is 2.57 bits per heavy atom. The topological polar surface area (TPSA) is 66.8 Å². The van der Waals surface area contributed by atoms with Gasteiger partial charge in [0.15, 0.2) is 0 Å². The predicted molar refractivity (Wildman–Crippen MR) is 115 cm³/mol. The number of hydrogen-bond acceptors (Lipinski definition) is 4. The molecule has 1 aliphatic carbocycles. The van der Waals surface area contributed by atoms with Crippen molar-refractivity contribution in [1.82, 2.24) is 0 Å². The van der Waals surface area contributed by atoms with Crippen molar-refractivity contribution in [3.63, 3.8) is 0 Å². The van der Waals surface area contributed by atoms with Crippen LogP contribution in [0.1, 0.15) is 87.7 Å². The quantitative estimate of drug-likeness (QED) is 0.328. The lowest BCUT2D eigenvalue weighted by Crippen LogP contribution is -2.18. The number of phenolic OH excluding ortho intramolecular Hbond substituents is 2. The Morgan fingerprint density at radius 1 is 1.32 bits per heavy atom. The lowest BCUT2D eigenvalue weighted by atomic mass is 9.73. The molecule has 1 aromatic carbocycles. The first kappa shape index (κ1) is 23.8. The Morgan fingerprint density at radius 2 is 2.00 bits per heavy atom. The van der Waals surface area contributed by atoms with Crippen LogP contribution in [0, 0.1) is 5.92 Å². The van der Waals surface area contributed by atoms with Gasteiger partial charge in [0.05, 0.1) is 7.11 Å². The van der Waals surface area contributed by atoms with Crippen LogP contribution in [0.25, 0.3) is 0 Å². The number of esters is 1. The van der Waals surface area contributed by atoms with Crippen LogP contribution >= 0.6 is 0 Å². The van der Waals surface area contributed by atoms with Gasteiger partial charge < -0.3 is 14.9 Å². The summed E-state index contributed by atoms with van der Waals surface area (Å²) in [6.07, 6.45) is 7.53. The standard InChI is InChI=1S/C23H32O4.CH4/c1-6-7-8-9-16-13-19(24)21(22(25)20(16)23(26)27-5)18-12-15(4)10-11-17(18)14(2)3;/h12-13,17-18,24-25H,2,6-11H2,1,3-5H3;1H4. The molecule has 1 aromatic rings. The van der Waals surface area contributed by atoms with Crippen molar-refractivity contribution < 1.29 is 19.7 Å². The highest BCUT2D eigenvalue weighted by Gasteiger charge is 2.33. The molecule has 0 saturated heterocycles. The van der Waals surface area contributed by atoms with Crippen LogP contribution in [0.5, 0.6) is 11.5 Å². The van der Waals surface area contributed by atoms with Gasteiger partial charge >= 0.3 is 5.97 Å². The van der Waals surface area contributed by atoms with E-state index in [4.69, 9.17) is 4.74 Å². The molecule has 0 heterocycles. The molecule has 156 valence electrons. The Balaban J connectivity index is 0.00000392. The number of aromatic hydroxyl groups is 2. The van der Waals surface area contributed by atoms with Gasteiger partial charge in [0.1, 0.15) is 17.1 Å². The molecule has 0 saturated carbocycles. The van der Waals surface area contributed by atoms with Crippen molar-refractivity contribution in [2.24, 2.45) is 5.92 Å². The van der Waals surface area contributed by atoms with Crippen LogP contribution in [0.3, 0.4) is 0 Å². The first-order valence-electron chi connectivity index (χ1n) is 9.80. The average molecular weight is 389 g/mol. The summed E-state index contributed by atoms with van der Waals surface area (Å²) < 4.78 is 4.93. The molecule has 2 N–H and O–H groups in total. The highest BCUT2D eigenvalue weighted by Crippen LogP contribution is 2.48. The van der Waals surface area contributed by atoms with Gasteiger partial charge in [-0.1, -0.05) is 51.0 Å². The molecule has 0 aliphatic heterocycles. The summed E-state index contributed by atoms with van der Waals surface area (Å²) >= 11 is 0. The van der Waals surface area contributed by atoms with Gasteiger partial charge in [0.2, 0.25) is 0 Å². The maximum atomic E-state index is 12.4. The SMILES string of the molecule is C.C=C(C)C1CCC(C)=CC1c1c(O)cc(CCCCC)c(C(=O)OC)c1O. The van der Waals surface area contributed by atoms with Gasteiger partial charge in [-0.05, 0) is 57.1 Å². The van der Waals surface area contributed by atoms with Crippen LogP contribution < -0.4 is 0 Å². The third-order valence-electron chi connectivity index (χ3n) is 5.55.